The standard InChI is InChI=1S/C30H25NO4S/c32-29-26-8-4-5-9-28(26)36(34,35)20-27(29)30(33)31-25-18-14-22(15-19-25)11-10-21-12-16-24(17-13-21)23-6-2-1-3-7-23/h1-9,12-19,27H,10-11,20H2,(H,31,33). The van der Waals surface area contributed by atoms with Gasteiger partial charge in [-0.2, -0.15) is 0 Å². The molecule has 0 radical (unpaired) electrons. The fraction of sp³-hybridized carbons (Fsp3) is 0.133. The van der Waals surface area contributed by atoms with E-state index in [1.54, 1.807) is 24.3 Å². The fourth-order valence-electron chi connectivity index (χ4n) is 4.48. The van der Waals surface area contributed by atoms with E-state index in [9.17, 15) is 18.0 Å². The second kappa shape index (κ2) is 9.91. The summed E-state index contributed by atoms with van der Waals surface area (Å²) < 4.78 is 25.2. The van der Waals surface area contributed by atoms with Crippen LogP contribution in [0.15, 0.2) is 108 Å². The Morgan fingerprint density at radius 3 is 1.94 bits per heavy atom. The molecule has 1 unspecified atom stereocenters. The number of hydrogen-bond donors (Lipinski definition) is 1. The molecule has 5 rings (SSSR count). The van der Waals surface area contributed by atoms with Gasteiger partial charge in [-0.25, -0.2) is 8.42 Å². The maximum Gasteiger partial charge on any atom is 0.236 e. The average molecular weight is 496 g/mol. The number of hydrogen-bond acceptors (Lipinski definition) is 4. The summed E-state index contributed by atoms with van der Waals surface area (Å²) in [5.41, 5.74) is 5.34. The SMILES string of the molecule is O=C(Nc1ccc(CCc2ccc(-c3ccccc3)cc2)cc1)C1CS(=O)(=O)c2ccccc2C1=O. The molecule has 1 atom stereocenters. The van der Waals surface area contributed by atoms with Crippen molar-refractivity contribution in [3.05, 3.63) is 120 Å². The van der Waals surface area contributed by atoms with Crippen molar-refractivity contribution >= 4 is 27.2 Å². The van der Waals surface area contributed by atoms with Crippen LogP contribution >= 0.6 is 0 Å². The lowest BCUT2D eigenvalue weighted by atomic mass is 9.97. The van der Waals surface area contributed by atoms with Gasteiger partial charge in [0.25, 0.3) is 0 Å². The zero-order valence-electron chi connectivity index (χ0n) is 19.6. The van der Waals surface area contributed by atoms with Crippen LogP contribution in [0.1, 0.15) is 21.5 Å². The van der Waals surface area contributed by atoms with Crippen molar-refractivity contribution in [3.8, 4) is 11.1 Å². The number of ketones is 1. The third-order valence-corrected chi connectivity index (χ3v) is 8.29. The lowest BCUT2D eigenvalue weighted by Gasteiger charge is -2.22. The summed E-state index contributed by atoms with van der Waals surface area (Å²) in [6.45, 7) is 0. The molecule has 0 fully saturated rings. The molecule has 180 valence electrons. The van der Waals surface area contributed by atoms with E-state index >= 15 is 0 Å². The normalized spacial score (nSPS) is 16.2. The first-order chi connectivity index (χ1) is 17.4. The third kappa shape index (κ3) is 4.99. The van der Waals surface area contributed by atoms with Gasteiger partial charge in [0.15, 0.2) is 15.6 Å². The fourth-order valence-corrected chi connectivity index (χ4v) is 6.19. The molecule has 0 saturated heterocycles. The molecule has 1 amide bonds. The molecule has 4 aromatic carbocycles. The average Bonchev–Trinajstić information content (AvgIpc) is 2.91. The van der Waals surface area contributed by atoms with E-state index in [0.29, 0.717) is 5.69 Å². The molecule has 36 heavy (non-hydrogen) atoms. The molecule has 1 N–H and O–H groups in total. The molecule has 0 bridgehead atoms. The van der Waals surface area contributed by atoms with Crippen LogP contribution in [0.4, 0.5) is 5.69 Å². The summed E-state index contributed by atoms with van der Waals surface area (Å²) in [6.07, 6.45) is 1.73. The molecule has 5 nitrogen and oxygen atoms in total. The number of carbonyl (C=O) groups is 2. The first kappa shape index (κ1) is 23.7. The van der Waals surface area contributed by atoms with Crippen LogP contribution in [0.25, 0.3) is 11.1 Å². The van der Waals surface area contributed by atoms with Crippen molar-refractivity contribution in [2.24, 2.45) is 5.92 Å². The van der Waals surface area contributed by atoms with Crippen LogP contribution in [0.5, 0.6) is 0 Å². The first-order valence-electron chi connectivity index (χ1n) is 11.8. The summed E-state index contributed by atoms with van der Waals surface area (Å²) >= 11 is 0. The maximum absolute atomic E-state index is 12.8. The molecule has 1 aliphatic heterocycles. The molecule has 4 aromatic rings. The number of benzene rings is 4. The van der Waals surface area contributed by atoms with Crippen molar-refractivity contribution in [3.63, 3.8) is 0 Å². The van der Waals surface area contributed by atoms with E-state index in [2.05, 4.69) is 41.7 Å². The number of rotatable bonds is 6. The lowest BCUT2D eigenvalue weighted by Crippen LogP contribution is -2.39. The number of anilines is 1. The third-order valence-electron chi connectivity index (χ3n) is 6.49. The number of fused-ring (bicyclic) bond motifs is 1. The summed E-state index contributed by atoms with van der Waals surface area (Å²) in [7, 11) is -3.70. The van der Waals surface area contributed by atoms with Crippen molar-refractivity contribution < 1.29 is 18.0 Å². The highest BCUT2D eigenvalue weighted by atomic mass is 32.2. The minimum atomic E-state index is -3.70. The second-order valence-electron chi connectivity index (χ2n) is 8.94. The molecule has 0 saturated carbocycles. The number of nitrogens with one attached hydrogen (secondary N) is 1. The highest BCUT2D eigenvalue weighted by molar-refractivity contribution is 7.91. The van der Waals surface area contributed by atoms with Gasteiger partial charge >= 0.3 is 0 Å². The molecule has 1 aliphatic rings. The van der Waals surface area contributed by atoms with Gasteiger partial charge in [0.2, 0.25) is 5.91 Å². The topological polar surface area (TPSA) is 80.3 Å². The van der Waals surface area contributed by atoms with E-state index in [1.165, 1.54) is 28.8 Å². The molecule has 0 aromatic heterocycles. The minimum Gasteiger partial charge on any atom is -0.325 e. The number of sulfone groups is 1. The lowest BCUT2D eigenvalue weighted by molar-refractivity contribution is -0.118. The van der Waals surface area contributed by atoms with Crippen LogP contribution in [-0.4, -0.2) is 25.9 Å². The molecule has 1 heterocycles. The van der Waals surface area contributed by atoms with Crippen molar-refractivity contribution in [1.29, 1.82) is 0 Å². The van der Waals surface area contributed by atoms with Gasteiger partial charge in [-0.15, -0.1) is 0 Å². The van der Waals surface area contributed by atoms with E-state index in [4.69, 9.17) is 0 Å². The van der Waals surface area contributed by atoms with Gasteiger partial charge in [0, 0.05) is 11.3 Å². The van der Waals surface area contributed by atoms with E-state index in [0.717, 1.165) is 18.4 Å². The first-order valence-corrected chi connectivity index (χ1v) is 13.5. The van der Waals surface area contributed by atoms with Crippen molar-refractivity contribution in [2.45, 2.75) is 17.7 Å². The van der Waals surface area contributed by atoms with Gasteiger partial charge in [-0.3, -0.25) is 9.59 Å². The van der Waals surface area contributed by atoms with Gasteiger partial charge in [-0.05, 0) is 53.3 Å². The smallest absolute Gasteiger partial charge is 0.236 e. The van der Waals surface area contributed by atoms with Crippen LogP contribution in [0.2, 0.25) is 0 Å². The van der Waals surface area contributed by atoms with Gasteiger partial charge < -0.3 is 5.32 Å². The van der Waals surface area contributed by atoms with Gasteiger partial charge in [-0.1, -0.05) is 84.9 Å². The van der Waals surface area contributed by atoms with Crippen LogP contribution < -0.4 is 5.32 Å². The van der Waals surface area contributed by atoms with Crippen LogP contribution in [0, 0.1) is 5.92 Å². The number of carbonyl (C=O) groups excluding carboxylic acids is 2. The summed E-state index contributed by atoms with van der Waals surface area (Å²) in [6, 6.07) is 32.3. The molecule has 0 aliphatic carbocycles. The Morgan fingerprint density at radius 2 is 1.28 bits per heavy atom. The van der Waals surface area contributed by atoms with Gasteiger partial charge in [0.05, 0.1) is 10.6 Å². The Morgan fingerprint density at radius 1 is 0.722 bits per heavy atom. The predicted octanol–water partition coefficient (Wildman–Crippen LogP) is 5.36. The zero-order valence-corrected chi connectivity index (χ0v) is 20.4. The highest BCUT2D eigenvalue weighted by Crippen LogP contribution is 2.29. The number of Topliss-reactive ketones (excluding diaryl/α,β-unsaturated/α-hetero) is 1. The zero-order chi connectivity index (χ0) is 25.1. The number of aryl methyl sites for hydroxylation is 2. The minimum absolute atomic E-state index is 0.00175. The van der Waals surface area contributed by atoms with E-state index in [-0.39, 0.29) is 10.5 Å². The van der Waals surface area contributed by atoms with Crippen molar-refractivity contribution in [1.82, 2.24) is 0 Å². The Hall–Kier alpha value is -4.03. The summed E-state index contributed by atoms with van der Waals surface area (Å²) in [5, 5.41) is 2.71. The van der Waals surface area contributed by atoms with Crippen molar-refractivity contribution in [2.75, 3.05) is 11.1 Å². The Kier molecular flexibility index (Phi) is 6.53. The Bertz CT molecular complexity index is 1510. The second-order valence-corrected chi connectivity index (χ2v) is 10.9. The Balaban J connectivity index is 1.20. The quantitative estimate of drug-likeness (QED) is 0.365. The highest BCUT2D eigenvalue weighted by Gasteiger charge is 2.40. The summed E-state index contributed by atoms with van der Waals surface area (Å²) in [4.78, 5) is 25.6. The molecule has 6 heteroatoms. The van der Waals surface area contributed by atoms with E-state index < -0.39 is 33.2 Å². The molecular weight excluding hydrogens is 470 g/mol. The largest absolute Gasteiger partial charge is 0.325 e. The molecular formula is C30H25NO4S. The van der Waals surface area contributed by atoms with Gasteiger partial charge in [0.1, 0.15) is 5.92 Å². The molecule has 0 spiro atoms. The summed E-state index contributed by atoms with van der Waals surface area (Å²) in [5.74, 6) is -2.85. The van der Waals surface area contributed by atoms with Crippen LogP contribution in [0.3, 0.4) is 0 Å². The Labute approximate surface area is 210 Å². The van der Waals surface area contributed by atoms with E-state index in [1.807, 2.05) is 30.3 Å². The van der Waals surface area contributed by atoms with Crippen LogP contribution in [-0.2, 0) is 27.5 Å². The predicted molar refractivity (Wildman–Crippen MR) is 141 cm³/mol. The maximum atomic E-state index is 12.8. The monoisotopic (exact) mass is 495 g/mol. The number of amides is 1.